The highest BCUT2D eigenvalue weighted by atomic mass is 35.5. The number of aromatic nitrogens is 3. The van der Waals surface area contributed by atoms with Gasteiger partial charge >= 0.3 is 0 Å². The molecule has 0 bridgehead atoms. The highest BCUT2D eigenvalue weighted by molar-refractivity contribution is 7.89. The van der Waals surface area contributed by atoms with Gasteiger partial charge in [-0.15, -0.1) is 0 Å². The zero-order valence-electron chi connectivity index (χ0n) is 9.18. The molecule has 0 aliphatic heterocycles. The smallest absolute Gasteiger partial charge is 0.228 e. The van der Waals surface area contributed by atoms with Crippen molar-refractivity contribution >= 4 is 39.2 Å². The lowest BCUT2D eigenvalue weighted by Crippen LogP contribution is -2.28. The molecule has 0 atom stereocenters. The molecule has 0 spiro atoms. The van der Waals surface area contributed by atoms with Gasteiger partial charge in [0.25, 0.3) is 0 Å². The van der Waals surface area contributed by atoms with Gasteiger partial charge in [0.2, 0.25) is 26.5 Å². The van der Waals surface area contributed by atoms with Gasteiger partial charge in [0, 0.05) is 20.6 Å². The van der Waals surface area contributed by atoms with Crippen LogP contribution in [0.1, 0.15) is 0 Å². The van der Waals surface area contributed by atoms with Crippen molar-refractivity contribution in [1.82, 2.24) is 19.3 Å². The van der Waals surface area contributed by atoms with E-state index in [0.29, 0.717) is 0 Å². The Bertz CT molecular complexity index is 473. The molecule has 0 radical (unpaired) electrons. The zero-order valence-corrected chi connectivity index (χ0v) is 11.5. The topological polar surface area (TPSA) is 88.1 Å². The van der Waals surface area contributed by atoms with Gasteiger partial charge < -0.3 is 5.32 Å². The number of sulfonamides is 1. The SMILES string of the molecule is CN(C)S(=O)(=O)CCNc1nc(Cl)nc(Cl)n1. The first-order chi connectivity index (χ1) is 7.81. The maximum atomic E-state index is 11.4. The predicted octanol–water partition coefficient (Wildman–Crippen LogP) is 0.482. The Balaban J connectivity index is 2.57. The normalized spacial score (nSPS) is 11.8. The second-order valence-electron chi connectivity index (χ2n) is 3.22. The van der Waals surface area contributed by atoms with Crippen LogP contribution in [0.4, 0.5) is 5.95 Å². The Morgan fingerprint density at radius 2 is 1.71 bits per heavy atom. The summed E-state index contributed by atoms with van der Waals surface area (Å²) in [7, 11) is -0.326. The van der Waals surface area contributed by atoms with E-state index >= 15 is 0 Å². The van der Waals surface area contributed by atoms with Crippen molar-refractivity contribution in [2.45, 2.75) is 0 Å². The van der Waals surface area contributed by atoms with E-state index < -0.39 is 10.0 Å². The summed E-state index contributed by atoms with van der Waals surface area (Å²) in [5, 5.41) is 2.59. The van der Waals surface area contributed by atoms with Crippen LogP contribution in [0.2, 0.25) is 10.6 Å². The molecule has 17 heavy (non-hydrogen) atoms. The van der Waals surface area contributed by atoms with E-state index in [4.69, 9.17) is 23.2 Å². The molecule has 1 heterocycles. The highest BCUT2D eigenvalue weighted by Crippen LogP contribution is 2.09. The molecule has 1 aromatic heterocycles. The van der Waals surface area contributed by atoms with Crippen LogP contribution < -0.4 is 5.32 Å². The van der Waals surface area contributed by atoms with Crippen LogP contribution in [-0.2, 0) is 10.0 Å². The number of hydrogen-bond acceptors (Lipinski definition) is 6. The minimum Gasteiger partial charge on any atom is -0.353 e. The first-order valence-corrected chi connectivity index (χ1v) is 6.89. The van der Waals surface area contributed by atoms with E-state index in [1.807, 2.05) is 0 Å². The molecule has 0 saturated heterocycles. The number of hydrogen-bond donors (Lipinski definition) is 1. The van der Waals surface area contributed by atoms with E-state index in [1.165, 1.54) is 14.1 Å². The Morgan fingerprint density at radius 3 is 2.18 bits per heavy atom. The van der Waals surface area contributed by atoms with Crippen molar-refractivity contribution in [3.8, 4) is 0 Å². The highest BCUT2D eigenvalue weighted by Gasteiger charge is 2.13. The predicted molar refractivity (Wildman–Crippen MR) is 65.8 cm³/mol. The first-order valence-electron chi connectivity index (χ1n) is 4.52. The van der Waals surface area contributed by atoms with E-state index in [9.17, 15) is 8.42 Å². The molecular weight excluding hydrogens is 289 g/mol. The molecule has 1 aromatic rings. The van der Waals surface area contributed by atoms with Gasteiger partial charge in [-0.1, -0.05) is 0 Å². The summed E-state index contributed by atoms with van der Waals surface area (Å²) < 4.78 is 24.0. The lowest BCUT2D eigenvalue weighted by Gasteiger charge is -2.11. The first kappa shape index (κ1) is 14.4. The number of nitrogens with zero attached hydrogens (tertiary/aromatic N) is 4. The fourth-order valence-electron chi connectivity index (χ4n) is 0.879. The number of nitrogens with one attached hydrogen (secondary N) is 1. The van der Waals surface area contributed by atoms with Gasteiger partial charge in [-0.3, -0.25) is 0 Å². The van der Waals surface area contributed by atoms with Gasteiger partial charge in [0.05, 0.1) is 5.75 Å². The van der Waals surface area contributed by atoms with E-state index in [-0.39, 0.29) is 28.8 Å². The molecule has 0 unspecified atom stereocenters. The van der Waals surface area contributed by atoms with Crippen molar-refractivity contribution in [3.63, 3.8) is 0 Å². The minimum atomic E-state index is -3.25. The van der Waals surface area contributed by atoms with Crippen LogP contribution in [-0.4, -0.2) is 54.1 Å². The zero-order chi connectivity index (χ0) is 13.1. The average Bonchev–Trinajstić information content (AvgIpc) is 2.15. The summed E-state index contributed by atoms with van der Waals surface area (Å²) in [5.41, 5.74) is 0. The summed E-state index contributed by atoms with van der Waals surface area (Å²) >= 11 is 11.1. The lowest BCUT2D eigenvalue weighted by molar-refractivity contribution is 0.521. The second kappa shape index (κ2) is 5.76. The molecule has 0 aliphatic carbocycles. The summed E-state index contributed by atoms with van der Waals surface area (Å²) in [4.78, 5) is 11.0. The van der Waals surface area contributed by atoms with E-state index in [2.05, 4.69) is 20.3 Å². The van der Waals surface area contributed by atoms with Crippen LogP contribution in [0.5, 0.6) is 0 Å². The largest absolute Gasteiger partial charge is 0.353 e. The third-order valence-electron chi connectivity index (χ3n) is 1.78. The fraction of sp³-hybridized carbons (Fsp3) is 0.571. The van der Waals surface area contributed by atoms with Crippen molar-refractivity contribution in [2.75, 3.05) is 31.7 Å². The minimum absolute atomic E-state index is 0.0528. The molecule has 0 saturated carbocycles. The van der Waals surface area contributed by atoms with Crippen molar-refractivity contribution < 1.29 is 8.42 Å². The lowest BCUT2D eigenvalue weighted by atomic mass is 10.7. The standard InChI is InChI=1S/C7H11Cl2N5O2S/c1-14(2)17(15,16)4-3-10-7-12-5(8)11-6(9)13-7/h3-4H2,1-2H3,(H,10,11,12,13). The monoisotopic (exact) mass is 299 g/mol. The molecule has 0 aromatic carbocycles. The van der Waals surface area contributed by atoms with Gasteiger partial charge in [0.15, 0.2) is 0 Å². The molecule has 7 nitrogen and oxygen atoms in total. The summed E-state index contributed by atoms with van der Waals surface area (Å²) in [6.45, 7) is 0.150. The molecule has 10 heteroatoms. The average molecular weight is 300 g/mol. The molecular formula is C7H11Cl2N5O2S. The molecule has 96 valence electrons. The number of halogens is 2. The molecule has 1 N–H and O–H groups in total. The van der Waals surface area contributed by atoms with Crippen LogP contribution in [0.25, 0.3) is 0 Å². The van der Waals surface area contributed by atoms with Crippen LogP contribution in [0.3, 0.4) is 0 Å². The molecule has 1 rings (SSSR count). The number of rotatable bonds is 5. The second-order valence-corrected chi connectivity index (χ2v) is 6.20. The summed E-state index contributed by atoms with van der Waals surface area (Å²) in [6, 6.07) is 0. The van der Waals surface area contributed by atoms with Crippen LogP contribution in [0, 0.1) is 0 Å². The quantitative estimate of drug-likeness (QED) is 0.851. The third kappa shape index (κ3) is 4.58. The number of anilines is 1. The Labute approximate surface area is 109 Å². The van der Waals surface area contributed by atoms with Crippen LogP contribution in [0.15, 0.2) is 0 Å². The van der Waals surface area contributed by atoms with Gasteiger partial charge in [-0.25, -0.2) is 12.7 Å². The Hall–Kier alpha value is -0.700. The van der Waals surface area contributed by atoms with Crippen molar-refractivity contribution in [2.24, 2.45) is 0 Å². The van der Waals surface area contributed by atoms with Gasteiger partial charge in [-0.05, 0) is 23.2 Å². The van der Waals surface area contributed by atoms with E-state index in [0.717, 1.165) is 4.31 Å². The Kier molecular flexibility index (Phi) is 4.87. The van der Waals surface area contributed by atoms with Crippen molar-refractivity contribution in [1.29, 1.82) is 0 Å². The fourth-order valence-corrected chi connectivity index (χ4v) is 1.97. The molecule has 0 aliphatic rings. The molecule has 0 fully saturated rings. The summed E-state index contributed by atoms with van der Waals surface area (Å²) in [6.07, 6.45) is 0. The van der Waals surface area contributed by atoms with E-state index in [1.54, 1.807) is 0 Å². The van der Waals surface area contributed by atoms with Gasteiger partial charge in [0.1, 0.15) is 0 Å². The maximum Gasteiger partial charge on any atom is 0.228 e. The third-order valence-corrected chi connectivity index (χ3v) is 3.95. The van der Waals surface area contributed by atoms with Crippen molar-refractivity contribution in [3.05, 3.63) is 10.6 Å². The Morgan fingerprint density at radius 1 is 1.18 bits per heavy atom. The maximum absolute atomic E-state index is 11.4. The summed E-state index contributed by atoms with van der Waals surface area (Å²) in [5.74, 6) is 0.0601. The molecule has 0 amide bonds. The van der Waals surface area contributed by atoms with Crippen LogP contribution >= 0.6 is 23.2 Å². The van der Waals surface area contributed by atoms with Gasteiger partial charge in [-0.2, -0.15) is 15.0 Å².